The second-order valence-corrected chi connectivity index (χ2v) is 4.52. The van der Waals surface area contributed by atoms with Crippen molar-refractivity contribution in [2.45, 2.75) is 18.9 Å². The Hall–Kier alpha value is -0.100. The van der Waals surface area contributed by atoms with Crippen molar-refractivity contribution in [3.05, 3.63) is 15.5 Å². The fraction of sp³-hybridized carbons (Fsp3) is 0.625. The van der Waals surface area contributed by atoms with Crippen LogP contribution < -0.4 is 0 Å². The number of aryl methyl sites for hydroxylation is 1. The van der Waals surface area contributed by atoms with Crippen LogP contribution in [-0.4, -0.2) is 14.9 Å². The number of halogens is 1. The van der Waals surface area contributed by atoms with E-state index >= 15 is 0 Å². The van der Waals surface area contributed by atoms with Crippen LogP contribution in [0, 0.1) is 9.62 Å². The summed E-state index contributed by atoms with van der Waals surface area (Å²) in [5, 5.41) is 14.1. The lowest BCUT2D eigenvalue weighted by Crippen LogP contribution is -2.09. The quantitative estimate of drug-likeness (QED) is 0.785. The molecule has 1 fully saturated rings. The molecule has 1 N–H and O–H groups in total. The number of aromatic nitrogens is 2. The lowest BCUT2D eigenvalue weighted by molar-refractivity contribution is 0.133. The number of aliphatic hydroxyl groups is 1. The normalized spacial score (nSPS) is 33.8. The zero-order valence-electron chi connectivity index (χ0n) is 7.08. The Morgan fingerprint density at radius 2 is 2.42 bits per heavy atom. The van der Waals surface area contributed by atoms with Gasteiger partial charge in [-0.2, -0.15) is 5.10 Å². The fourth-order valence-electron chi connectivity index (χ4n) is 1.50. The lowest BCUT2D eigenvalue weighted by atomic mass is 10.1. The van der Waals surface area contributed by atoms with E-state index in [9.17, 15) is 5.11 Å². The number of hydrogen-bond acceptors (Lipinski definition) is 2. The minimum absolute atomic E-state index is 0.384. The third-order valence-corrected chi connectivity index (χ3v) is 3.88. The molecule has 1 aliphatic rings. The first kappa shape index (κ1) is 8.50. The summed E-state index contributed by atoms with van der Waals surface area (Å²) in [5.41, 5.74) is 0.406. The van der Waals surface area contributed by atoms with Crippen LogP contribution in [-0.2, 0) is 12.6 Å². The van der Waals surface area contributed by atoms with E-state index in [1.54, 1.807) is 10.9 Å². The number of rotatable bonds is 1. The van der Waals surface area contributed by atoms with E-state index in [0.29, 0.717) is 5.92 Å². The van der Waals surface area contributed by atoms with E-state index in [0.717, 1.165) is 15.7 Å². The average Bonchev–Trinajstić information content (AvgIpc) is 2.44. The van der Waals surface area contributed by atoms with Crippen molar-refractivity contribution in [1.82, 2.24) is 9.78 Å². The van der Waals surface area contributed by atoms with Crippen molar-refractivity contribution in [2.24, 2.45) is 13.0 Å². The Balaban J connectivity index is 2.42. The molecule has 1 aromatic rings. The van der Waals surface area contributed by atoms with E-state index in [1.165, 1.54) is 0 Å². The van der Waals surface area contributed by atoms with Crippen LogP contribution in [0.2, 0.25) is 0 Å². The Morgan fingerprint density at radius 3 is 2.75 bits per heavy atom. The lowest BCUT2D eigenvalue weighted by Gasteiger charge is -2.06. The van der Waals surface area contributed by atoms with Crippen molar-refractivity contribution < 1.29 is 5.11 Å². The van der Waals surface area contributed by atoms with E-state index in [-0.39, 0.29) is 0 Å². The molecular formula is C8H11IN2O. The standard InChI is InChI=1S/C8H11IN2O/c1-5-3-8(5,12)6-4-10-11(2)7(6)9/h4-5,12H,3H2,1-2H3. The molecule has 2 atom stereocenters. The Kier molecular flexibility index (Phi) is 1.73. The largest absolute Gasteiger partial charge is 0.385 e. The maximum absolute atomic E-state index is 10.0. The molecule has 12 heavy (non-hydrogen) atoms. The van der Waals surface area contributed by atoms with Gasteiger partial charge in [-0.3, -0.25) is 4.68 Å². The fourth-order valence-corrected chi connectivity index (χ4v) is 2.23. The highest BCUT2D eigenvalue weighted by Crippen LogP contribution is 2.52. The predicted octanol–water partition coefficient (Wildman–Crippen LogP) is 1.25. The third-order valence-electron chi connectivity index (χ3n) is 2.61. The van der Waals surface area contributed by atoms with Gasteiger partial charge in [-0.1, -0.05) is 6.92 Å². The highest BCUT2D eigenvalue weighted by Gasteiger charge is 2.52. The third kappa shape index (κ3) is 1.01. The molecule has 0 saturated heterocycles. The minimum atomic E-state index is -0.579. The molecule has 0 aliphatic heterocycles. The SMILES string of the molecule is CC1CC1(O)c1cnn(C)c1I. The van der Waals surface area contributed by atoms with Crippen molar-refractivity contribution in [2.75, 3.05) is 0 Å². The summed E-state index contributed by atoms with van der Waals surface area (Å²) in [4.78, 5) is 0. The molecule has 3 nitrogen and oxygen atoms in total. The van der Waals surface area contributed by atoms with E-state index in [1.807, 2.05) is 7.05 Å². The van der Waals surface area contributed by atoms with Gasteiger partial charge in [-0.15, -0.1) is 0 Å². The molecule has 0 spiro atoms. The van der Waals surface area contributed by atoms with Gasteiger partial charge in [0.15, 0.2) is 0 Å². The van der Waals surface area contributed by atoms with Gasteiger partial charge in [0.2, 0.25) is 0 Å². The van der Waals surface area contributed by atoms with Crippen LogP contribution in [0.5, 0.6) is 0 Å². The first-order chi connectivity index (χ1) is 5.55. The molecule has 1 aromatic heterocycles. The Bertz CT molecular complexity index is 323. The Labute approximate surface area is 84.9 Å². The first-order valence-electron chi connectivity index (χ1n) is 3.96. The predicted molar refractivity (Wildman–Crippen MR) is 53.6 cm³/mol. The molecule has 1 heterocycles. The average molecular weight is 278 g/mol. The van der Waals surface area contributed by atoms with Crippen LogP contribution in [0.1, 0.15) is 18.9 Å². The molecule has 1 saturated carbocycles. The van der Waals surface area contributed by atoms with Gasteiger partial charge in [0, 0.05) is 12.6 Å². The first-order valence-corrected chi connectivity index (χ1v) is 5.04. The zero-order valence-corrected chi connectivity index (χ0v) is 9.24. The molecule has 0 aromatic carbocycles. The summed E-state index contributed by atoms with van der Waals surface area (Å²) < 4.78 is 2.83. The summed E-state index contributed by atoms with van der Waals surface area (Å²) in [6, 6.07) is 0. The van der Waals surface area contributed by atoms with Crippen LogP contribution in [0.25, 0.3) is 0 Å². The molecule has 2 rings (SSSR count). The van der Waals surface area contributed by atoms with Crippen LogP contribution >= 0.6 is 22.6 Å². The van der Waals surface area contributed by atoms with Gasteiger partial charge >= 0.3 is 0 Å². The smallest absolute Gasteiger partial charge is 0.105 e. The maximum Gasteiger partial charge on any atom is 0.105 e. The van der Waals surface area contributed by atoms with Crippen molar-refractivity contribution >= 4 is 22.6 Å². The van der Waals surface area contributed by atoms with Crippen LogP contribution in [0.3, 0.4) is 0 Å². The monoisotopic (exact) mass is 278 g/mol. The molecule has 0 amide bonds. The van der Waals surface area contributed by atoms with E-state index < -0.39 is 5.60 Å². The molecule has 0 bridgehead atoms. The van der Waals surface area contributed by atoms with Crippen molar-refractivity contribution in [1.29, 1.82) is 0 Å². The second kappa shape index (κ2) is 2.45. The molecule has 66 valence electrons. The second-order valence-electron chi connectivity index (χ2n) is 3.50. The van der Waals surface area contributed by atoms with E-state index in [2.05, 4.69) is 34.6 Å². The number of hydrogen-bond donors (Lipinski definition) is 1. The van der Waals surface area contributed by atoms with Gasteiger partial charge in [-0.25, -0.2) is 0 Å². The number of nitrogens with zero attached hydrogens (tertiary/aromatic N) is 2. The van der Waals surface area contributed by atoms with Gasteiger partial charge in [-0.05, 0) is 34.9 Å². The molecule has 4 heteroatoms. The van der Waals surface area contributed by atoms with Gasteiger partial charge < -0.3 is 5.11 Å². The topological polar surface area (TPSA) is 38.1 Å². The van der Waals surface area contributed by atoms with Gasteiger partial charge in [0.05, 0.1) is 11.8 Å². The summed E-state index contributed by atoms with van der Waals surface area (Å²) in [7, 11) is 1.89. The zero-order chi connectivity index (χ0) is 8.93. The summed E-state index contributed by atoms with van der Waals surface area (Å²) in [6.07, 6.45) is 2.64. The van der Waals surface area contributed by atoms with Crippen LogP contribution in [0.15, 0.2) is 6.20 Å². The van der Waals surface area contributed by atoms with Crippen molar-refractivity contribution in [3.63, 3.8) is 0 Å². The molecular weight excluding hydrogens is 267 g/mol. The Morgan fingerprint density at radius 1 is 1.83 bits per heavy atom. The minimum Gasteiger partial charge on any atom is -0.385 e. The summed E-state index contributed by atoms with van der Waals surface area (Å²) in [6.45, 7) is 2.06. The van der Waals surface area contributed by atoms with Gasteiger partial charge in [0.25, 0.3) is 0 Å². The highest BCUT2D eigenvalue weighted by atomic mass is 127. The van der Waals surface area contributed by atoms with Crippen LogP contribution in [0.4, 0.5) is 0 Å². The van der Waals surface area contributed by atoms with E-state index in [4.69, 9.17) is 0 Å². The summed E-state index contributed by atoms with van der Waals surface area (Å²) in [5.74, 6) is 0.384. The molecule has 1 aliphatic carbocycles. The summed E-state index contributed by atoms with van der Waals surface area (Å²) >= 11 is 2.22. The maximum atomic E-state index is 10.0. The molecule has 2 unspecified atom stereocenters. The van der Waals surface area contributed by atoms with Gasteiger partial charge in [0.1, 0.15) is 3.70 Å². The molecule has 0 radical (unpaired) electrons. The highest BCUT2D eigenvalue weighted by molar-refractivity contribution is 14.1. The van der Waals surface area contributed by atoms with Crippen molar-refractivity contribution in [3.8, 4) is 0 Å².